The number of nitro benzene ring substituents is 1. The average molecular weight is 504 g/mol. The lowest BCUT2D eigenvalue weighted by molar-refractivity contribution is -0.386. The molecule has 1 heterocycles. The van der Waals surface area contributed by atoms with E-state index in [0.29, 0.717) is 11.0 Å². The van der Waals surface area contributed by atoms with Gasteiger partial charge in [0.2, 0.25) is 6.23 Å². The molecule has 1 aliphatic rings. The van der Waals surface area contributed by atoms with Crippen LogP contribution in [0.25, 0.3) is 0 Å². The Balaban J connectivity index is 1.86. The van der Waals surface area contributed by atoms with Gasteiger partial charge < -0.3 is 19.6 Å². The summed E-state index contributed by atoms with van der Waals surface area (Å²) in [5.41, 5.74) is -3.06. The van der Waals surface area contributed by atoms with Crippen molar-refractivity contribution in [2.75, 3.05) is 18.1 Å². The standard InChI is InChI=1S/C20H14F6N4O5/c21-19(22,23)15-6-13(3-2-12(15)7-27)29-9-14(35-18(29)20(24,25)26)10-34-17-4-1-11(8-28-31)5-16(17)30(32)33/h1-6,8,14,18,31H,9-10H2/t14-,18+/m0/s1. The second kappa shape index (κ2) is 9.66. The van der Waals surface area contributed by atoms with Gasteiger partial charge in [0, 0.05) is 17.3 Å². The third-order valence-corrected chi connectivity index (χ3v) is 4.86. The van der Waals surface area contributed by atoms with E-state index in [1.807, 2.05) is 0 Å². The van der Waals surface area contributed by atoms with Crippen molar-refractivity contribution in [3.8, 4) is 11.8 Å². The predicted molar refractivity (Wildman–Crippen MR) is 106 cm³/mol. The Morgan fingerprint density at radius 3 is 2.54 bits per heavy atom. The molecule has 1 N–H and O–H groups in total. The predicted octanol–water partition coefficient (Wildman–Crippen LogP) is 4.47. The molecule has 0 amide bonds. The Kier molecular flexibility index (Phi) is 7.06. The molecule has 2 atom stereocenters. The van der Waals surface area contributed by atoms with Crippen molar-refractivity contribution < 1.29 is 45.9 Å². The van der Waals surface area contributed by atoms with E-state index in [2.05, 4.69) is 5.16 Å². The van der Waals surface area contributed by atoms with Crippen LogP contribution in [0.4, 0.5) is 37.7 Å². The molecule has 1 saturated heterocycles. The fourth-order valence-electron chi connectivity index (χ4n) is 3.37. The number of alkyl halides is 6. The summed E-state index contributed by atoms with van der Waals surface area (Å²) < 4.78 is 90.9. The lowest BCUT2D eigenvalue weighted by Gasteiger charge is -2.27. The number of rotatable bonds is 6. The van der Waals surface area contributed by atoms with Crippen molar-refractivity contribution in [3.05, 3.63) is 63.2 Å². The molecule has 186 valence electrons. The number of nitro groups is 1. The first-order valence-electron chi connectivity index (χ1n) is 9.54. The summed E-state index contributed by atoms with van der Waals surface area (Å²) >= 11 is 0. The number of oxime groups is 1. The fourth-order valence-corrected chi connectivity index (χ4v) is 3.37. The first-order chi connectivity index (χ1) is 16.3. The van der Waals surface area contributed by atoms with Gasteiger partial charge in [-0.3, -0.25) is 10.1 Å². The van der Waals surface area contributed by atoms with Gasteiger partial charge in [0.15, 0.2) is 5.75 Å². The first-order valence-corrected chi connectivity index (χ1v) is 9.54. The van der Waals surface area contributed by atoms with Gasteiger partial charge in [-0.2, -0.15) is 31.6 Å². The van der Waals surface area contributed by atoms with Crippen LogP contribution in [0, 0.1) is 21.4 Å². The van der Waals surface area contributed by atoms with Gasteiger partial charge in [0.05, 0.1) is 34.9 Å². The van der Waals surface area contributed by atoms with Crippen LogP contribution in [0.5, 0.6) is 5.75 Å². The first kappa shape index (κ1) is 25.6. The SMILES string of the molecule is N#Cc1ccc(N2C[C@@H](COc3ccc(C=NO)cc3[N+](=O)[O-])O[C@@H]2C(F)(F)F)cc1C(F)(F)F. The third kappa shape index (κ3) is 5.72. The highest BCUT2D eigenvalue weighted by Crippen LogP contribution is 2.39. The molecule has 9 nitrogen and oxygen atoms in total. The molecule has 0 aromatic heterocycles. The number of halogens is 6. The summed E-state index contributed by atoms with van der Waals surface area (Å²) in [7, 11) is 0. The van der Waals surface area contributed by atoms with Gasteiger partial charge in [-0.15, -0.1) is 0 Å². The molecule has 0 unspecified atom stereocenters. The molecule has 1 aliphatic heterocycles. The highest BCUT2D eigenvalue weighted by molar-refractivity contribution is 5.81. The molecule has 0 aliphatic carbocycles. The maximum absolute atomic E-state index is 13.6. The minimum Gasteiger partial charge on any atom is -0.484 e. The van der Waals surface area contributed by atoms with E-state index in [1.54, 1.807) is 0 Å². The number of nitrogens with zero attached hydrogens (tertiary/aromatic N) is 4. The molecular weight excluding hydrogens is 490 g/mol. The Bertz CT molecular complexity index is 1180. The molecule has 1 fully saturated rings. The maximum atomic E-state index is 13.6. The second-order valence-corrected chi connectivity index (χ2v) is 7.18. The minimum absolute atomic E-state index is 0.147. The van der Waals surface area contributed by atoms with Gasteiger partial charge in [-0.05, 0) is 30.3 Å². The molecule has 0 bridgehead atoms. The molecule has 0 radical (unpaired) electrons. The summed E-state index contributed by atoms with van der Waals surface area (Å²) in [4.78, 5) is 11.0. The zero-order valence-electron chi connectivity index (χ0n) is 17.2. The minimum atomic E-state index is -5.00. The van der Waals surface area contributed by atoms with E-state index < -0.39 is 65.3 Å². The van der Waals surface area contributed by atoms with E-state index in [1.165, 1.54) is 12.1 Å². The molecule has 35 heavy (non-hydrogen) atoms. The highest BCUT2D eigenvalue weighted by atomic mass is 19.4. The summed E-state index contributed by atoms with van der Waals surface area (Å²) in [5.74, 6) is -0.312. The lowest BCUT2D eigenvalue weighted by Crippen LogP contribution is -2.42. The summed E-state index contributed by atoms with van der Waals surface area (Å²) in [5, 5.41) is 31.5. The average Bonchev–Trinajstić information content (AvgIpc) is 3.22. The molecule has 0 saturated carbocycles. The zero-order valence-corrected chi connectivity index (χ0v) is 17.2. The van der Waals surface area contributed by atoms with Crippen molar-refractivity contribution in [3.63, 3.8) is 0 Å². The number of hydrogen-bond donors (Lipinski definition) is 1. The Morgan fingerprint density at radius 1 is 1.26 bits per heavy atom. The van der Waals surface area contributed by atoms with Crippen molar-refractivity contribution in [1.29, 1.82) is 5.26 Å². The van der Waals surface area contributed by atoms with Gasteiger partial charge in [0.1, 0.15) is 12.7 Å². The molecule has 2 aromatic carbocycles. The second-order valence-electron chi connectivity index (χ2n) is 7.18. The molecule has 0 spiro atoms. The number of ether oxygens (including phenoxy) is 2. The van der Waals surface area contributed by atoms with Crippen LogP contribution in [0.3, 0.4) is 0 Å². The van der Waals surface area contributed by atoms with E-state index in [4.69, 9.17) is 19.9 Å². The van der Waals surface area contributed by atoms with Crippen molar-refractivity contribution >= 4 is 17.6 Å². The van der Waals surface area contributed by atoms with Gasteiger partial charge >= 0.3 is 18.0 Å². The number of hydrogen-bond acceptors (Lipinski definition) is 8. The van der Waals surface area contributed by atoms with E-state index >= 15 is 0 Å². The highest BCUT2D eigenvalue weighted by Gasteiger charge is 2.51. The summed E-state index contributed by atoms with van der Waals surface area (Å²) in [6.07, 6.45) is -13.0. The van der Waals surface area contributed by atoms with E-state index in [9.17, 15) is 36.5 Å². The number of anilines is 1. The maximum Gasteiger partial charge on any atom is 0.433 e. The topological polar surface area (TPSA) is 121 Å². The van der Waals surface area contributed by atoms with Crippen LogP contribution in [-0.2, 0) is 10.9 Å². The van der Waals surface area contributed by atoms with Gasteiger partial charge in [0.25, 0.3) is 0 Å². The zero-order chi connectivity index (χ0) is 26.0. The molecular formula is C20H14F6N4O5. The lowest BCUT2D eigenvalue weighted by atomic mass is 10.1. The smallest absolute Gasteiger partial charge is 0.433 e. The van der Waals surface area contributed by atoms with E-state index in [-0.39, 0.29) is 11.3 Å². The van der Waals surface area contributed by atoms with Crippen LogP contribution in [0.15, 0.2) is 41.6 Å². The van der Waals surface area contributed by atoms with Crippen molar-refractivity contribution in [2.24, 2.45) is 5.16 Å². The number of nitriles is 1. The summed E-state index contributed by atoms with van der Waals surface area (Å²) in [6.45, 7) is -1.16. The molecule has 2 aromatic rings. The van der Waals surface area contributed by atoms with Crippen LogP contribution >= 0.6 is 0 Å². The van der Waals surface area contributed by atoms with Crippen molar-refractivity contribution in [2.45, 2.75) is 24.7 Å². The fraction of sp³-hybridized carbons (Fsp3) is 0.300. The molecule has 3 rings (SSSR count). The molecule has 15 heteroatoms. The van der Waals surface area contributed by atoms with Gasteiger partial charge in [-0.25, -0.2) is 0 Å². The largest absolute Gasteiger partial charge is 0.484 e. The number of benzene rings is 2. The third-order valence-electron chi connectivity index (χ3n) is 4.86. The van der Waals surface area contributed by atoms with Crippen LogP contribution in [0.1, 0.15) is 16.7 Å². The Hall–Kier alpha value is -4.06. The monoisotopic (exact) mass is 504 g/mol. The van der Waals surface area contributed by atoms with Crippen LogP contribution in [0.2, 0.25) is 0 Å². The van der Waals surface area contributed by atoms with E-state index in [0.717, 1.165) is 30.5 Å². The van der Waals surface area contributed by atoms with Gasteiger partial charge in [-0.1, -0.05) is 5.16 Å². The Labute approximate surface area is 192 Å². The normalized spacial score (nSPS) is 18.6. The van der Waals surface area contributed by atoms with Crippen molar-refractivity contribution in [1.82, 2.24) is 0 Å². The summed E-state index contributed by atoms with van der Waals surface area (Å²) in [6, 6.07) is 6.90. The van der Waals surface area contributed by atoms with Crippen LogP contribution < -0.4 is 9.64 Å². The quantitative estimate of drug-likeness (QED) is 0.203. The van der Waals surface area contributed by atoms with Crippen LogP contribution in [-0.4, -0.2) is 48.0 Å². The Morgan fingerprint density at radius 2 is 1.97 bits per heavy atom.